The lowest BCUT2D eigenvalue weighted by atomic mass is 9.96. The maximum absolute atomic E-state index is 11.6. The molecular formula is C28H26BrN5O3S. The number of thiocarbonyl (C=S) groups is 1. The van der Waals surface area contributed by atoms with Crippen molar-refractivity contribution in [1.82, 2.24) is 14.9 Å². The number of nitro benzene ring substituents is 1. The van der Waals surface area contributed by atoms with Crippen LogP contribution in [0.1, 0.15) is 40.3 Å². The number of benzene rings is 2. The molecule has 1 aliphatic heterocycles. The molecule has 4 aromatic rings. The Kier molecular flexibility index (Phi) is 6.93. The van der Waals surface area contributed by atoms with Gasteiger partial charge in [0, 0.05) is 39.9 Å². The number of aryl methyl sites for hydroxylation is 2. The second kappa shape index (κ2) is 10.2. The third-order valence-electron chi connectivity index (χ3n) is 6.92. The minimum absolute atomic E-state index is 0.00288. The van der Waals surface area contributed by atoms with Crippen LogP contribution < -0.4 is 15.0 Å². The van der Waals surface area contributed by atoms with Crippen LogP contribution in [0.4, 0.5) is 11.4 Å². The first-order chi connectivity index (χ1) is 18.2. The first kappa shape index (κ1) is 25.9. The molecule has 38 heavy (non-hydrogen) atoms. The SMILES string of the molecule is COc1ccc([N+](=O)[O-])cc1-n1c(C)cc([C@@H]2[C@H](c3ccccn3)NC(=S)N2c2ccc(Br)c(C)c2)c1C. The van der Waals surface area contributed by atoms with Gasteiger partial charge in [-0.1, -0.05) is 22.0 Å². The van der Waals surface area contributed by atoms with Crippen LogP contribution in [0.3, 0.4) is 0 Å². The Hall–Kier alpha value is -3.76. The highest BCUT2D eigenvalue weighted by atomic mass is 79.9. The molecule has 3 heterocycles. The highest BCUT2D eigenvalue weighted by Gasteiger charge is 2.42. The van der Waals surface area contributed by atoms with Crippen molar-refractivity contribution < 1.29 is 9.66 Å². The number of nitrogens with zero attached hydrogens (tertiary/aromatic N) is 4. The van der Waals surface area contributed by atoms with E-state index in [4.69, 9.17) is 17.0 Å². The number of pyridine rings is 1. The number of anilines is 1. The van der Waals surface area contributed by atoms with E-state index in [1.165, 1.54) is 6.07 Å². The van der Waals surface area contributed by atoms with Gasteiger partial charge in [-0.05, 0) is 86.6 Å². The van der Waals surface area contributed by atoms with Crippen LogP contribution in [0.15, 0.2) is 71.3 Å². The van der Waals surface area contributed by atoms with Crippen molar-refractivity contribution in [2.24, 2.45) is 0 Å². The van der Waals surface area contributed by atoms with Crippen molar-refractivity contribution in [3.8, 4) is 11.4 Å². The Labute approximate surface area is 234 Å². The number of non-ortho nitro benzene ring substituents is 1. The normalized spacial score (nSPS) is 17.0. The molecule has 2 aromatic heterocycles. The standard InChI is InChI=1S/C28H26BrN5O3S/c1-16-13-19(8-10-22(16)29)33-27(26(31-28(33)38)23-7-5-6-12-30-23)21-14-17(2)32(18(21)3)24-15-20(34(35)36)9-11-25(24)37-4/h5-15,26-27H,1-4H3,(H,31,38)/t26-,27+/m0/s1. The molecule has 1 N–H and O–H groups in total. The Balaban J connectivity index is 1.71. The molecule has 10 heteroatoms. The number of methoxy groups -OCH3 is 1. The van der Waals surface area contributed by atoms with E-state index in [2.05, 4.69) is 43.3 Å². The summed E-state index contributed by atoms with van der Waals surface area (Å²) in [7, 11) is 1.56. The van der Waals surface area contributed by atoms with Gasteiger partial charge in [-0.15, -0.1) is 0 Å². The highest BCUT2D eigenvalue weighted by Crippen LogP contribution is 2.45. The van der Waals surface area contributed by atoms with Crippen LogP contribution in [-0.4, -0.2) is 26.7 Å². The van der Waals surface area contributed by atoms with Gasteiger partial charge in [0.05, 0.1) is 35.5 Å². The minimum Gasteiger partial charge on any atom is -0.495 e. The maximum Gasteiger partial charge on any atom is 0.271 e. The molecular weight excluding hydrogens is 566 g/mol. The number of nitro groups is 1. The molecule has 8 nitrogen and oxygen atoms in total. The summed E-state index contributed by atoms with van der Waals surface area (Å²) in [5, 5.41) is 15.7. The summed E-state index contributed by atoms with van der Waals surface area (Å²) >= 11 is 9.49. The molecule has 0 amide bonds. The third-order valence-corrected chi connectivity index (χ3v) is 8.13. The van der Waals surface area contributed by atoms with E-state index in [0.717, 1.165) is 38.4 Å². The van der Waals surface area contributed by atoms with Gasteiger partial charge < -0.3 is 19.5 Å². The smallest absolute Gasteiger partial charge is 0.271 e. The van der Waals surface area contributed by atoms with Crippen molar-refractivity contribution in [2.45, 2.75) is 32.9 Å². The number of rotatable bonds is 6. The summed E-state index contributed by atoms with van der Waals surface area (Å²) in [5.41, 5.74) is 6.40. The average Bonchev–Trinajstić information content (AvgIpc) is 3.40. The fourth-order valence-electron chi connectivity index (χ4n) is 5.15. The fraction of sp³-hybridized carbons (Fsp3) is 0.214. The van der Waals surface area contributed by atoms with Gasteiger partial charge in [0.25, 0.3) is 5.69 Å². The predicted molar refractivity (Wildman–Crippen MR) is 155 cm³/mol. The van der Waals surface area contributed by atoms with Crippen LogP contribution in [0, 0.1) is 30.9 Å². The van der Waals surface area contributed by atoms with Crippen molar-refractivity contribution in [3.63, 3.8) is 0 Å². The maximum atomic E-state index is 11.6. The molecule has 0 bridgehead atoms. The van der Waals surface area contributed by atoms with Crippen LogP contribution in [-0.2, 0) is 0 Å². The number of hydrogen-bond acceptors (Lipinski definition) is 5. The number of halogens is 1. The lowest BCUT2D eigenvalue weighted by molar-refractivity contribution is -0.384. The van der Waals surface area contributed by atoms with Gasteiger partial charge in [-0.3, -0.25) is 15.1 Å². The van der Waals surface area contributed by atoms with Crippen molar-refractivity contribution in [3.05, 3.63) is 110 Å². The van der Waals surface area contributed by atoms with Crippen LogP contribution in [0.5, 0.6) is 5.75 Å². The van der Waals surface area contributed by atoms with E-state index in [1.807, 2.05) is 55.7 Å². The summed E-state index contributed by atoms with van der Waals surface area (Å²) in [6.07, 6.45) is 1.78. The van der Waals surface area contributed by atoms with Crippen LogP contribution in [0.25, 0.3) is 5.69 Å². The fourth-order valence-corrected chi connectivity index (χ4v) is 5.74. The van der Waals surface area contributed by atoms with Crippen LogP contribution in [0.2, 0.25) is 0 Å². The number of aromatic nitrogens is 2. The Morgan fingerprint density at radius 1 is 1.11 bits per heavy atom. The topological polar surface area (TPSA) is 85.5 Å². The van der Waals surface area contributed by atoms with E-state index in [9.17, 15) is 10.1 Å². The molecule has 0 saturated carbocycles. The molecule has 0 unspecified atom stereocenters. The molecule has 194 valence electrons. The summed E-state index contributed by atoms with van der Waals surface area (Å²) in [6.45, 7) is 6.05. The second-order valence-corrected chi connectivity index (χ2v) is 10.4. The summed E-state index contributed by atoms with van der Waals surface area (Å²) in [5.74, 6) is 0.547. The molecule has 2 aromatic carbocycles. The summed E-state index contributed by atoms with van der Waals surface area (Å²) in [4.78, 5) is 18.0. The zero-order valence-corrected chi connectivity index (χ0v) is 23.7. The molecule has 0 spiro atoms. The summed E-state index contributed by atoms with van der Waals surface area (Å²) < 4.78 is 8.62. The van der Waals surface area contributed by atoms with E-state index in [0.29, 0.717) is 16.5 Å². The lowest BCUT2D eigenvalue weighted by Crippen LogP contribution is -2.29. The number of ether oxygens (including phenoxy) is 1. The first-order valence-electron chi connectivity index (χ1n) is 12.0. The number of nitrogens with one attached hydrogen (secondary N) is 1. The molecule has 1 aliphatic rings. The van der Waals surface area contributed by atoms with Gasteiger partial charge in [0.2, 0.25) is 0 Å². The molecule has 5 rings (SSSR count). The molecule has 0 aliphatic carbocycles. The van der Waals surface area contributed by atoms with E-state index < -0.39 is 4.92 Å². The first-order valence-corrected chi connectivity index (χ1v) is 13.2. The number of hydrogen-bond donors (Lipinski definition) is 1. The lowest BCUT2D eigenvalue weighted by Gasteiger charge is -2.28. The summed E-state index contributed by atoms with van der Waals surface area (Å²) in [6, 6.07) is 18.3. The van der Waals surface area contributed by atoms with Gasteiger partial charge in [0.1, 0.15) is 5.75 Å². The van der Waals surface area contributed by atoms with Crippen molar-refractivity contribution in [1.29, 1.82) is 0 Å². The monoisotopic (exact) mass is 591 g/mol. The molecule has 2 atom stereocenters. The van der Waals surface area contributed by atoms with Crippen molar-refractivity contribution >= 4 is 44.6 Å². The van der Waals surface area contributed by atoms with Gasteiger partial charge in [0.15, 0.2) is 5.11 Å². The second-order valence-electron chi connectivity index (χ2n) is 9.21. The zero-order valence-electron chi connectivity index (χ0n) is 21.3. The molecule has 0 radical (unpaired) electrons. The van der Waals surface area contributed by atoms with E-state index >= 15 is 0 Å². The average molecular weight is 593 g/mol. The zero-order chi connectivity index (χ0) is 27.1. The van der Waals surface area contributed by atoms with E-state index in [-0.39, 0.29) is 17.8 Å². The predicted octanol–water partition coefficient (Wildman–Crippen LogP) is 6.65. The molecule has 1 fully saturated rings. The Bertz CT molecular complexity index is 1560. The molecule has 1 saturated heterocycles. The van der Waals surface area contributed by atoms with Crippen molar-refractivity contribution in [2.75, 3.05) is 12.0 Å². The van der Waals surface area contributed by atoms with E-state index in [1.54, 1.807) is 25.4 Å². The minimum atomic E-state index is -0.397. The third kappa shape index (κ3) is 4.43. The van der Waals surface area contributed by atoms with Crippen LogP contribution >= 0.6 is 28.1 Å². The largest absolute Gasteiger partial charge is 0.495 e. The Morgan fingerprint density at radius 3 is 2.55 bits per heavy atom. The highest BCUT2D eigenvalue weighted by molar-refractivity contribution is 9.10. The van der Waals surface area contributed by atoms with Gasteiger partial charge in [-0.2, -0.15) is 0 Å². The quantitative estimate of drug-likeness (QED) is 0.152. The Morgan fingerprint density at radius 2 is 1.89 bits per heavy atom. The van der Waals surface area contributed by atoms with Gasteiger partial charge >= 0.3 is 0 Å². The van der Waals surface area contributed by atoms with Gasteiger partial charge in [-0.25, -0.2) is 0 Å².